The summed E-state index contributed by atoms with van der Waals surface area (Å²) in [5, 5.41) is 27.6. The highest BCUT2D eigenvalue weighted by molar-refractivity contribution is 5.79. The third-order valence-electron chi connectivity index (χ3n) is 1.96. The molecule has 0 amide bonds. The number of carbonyl (C=O) groups is 2. The number of ether oxygens (including phenoxy) is 1. The van der Waals surface area contributed by atoms with Gasteiger partial charge in [-0.15, -0.1) is 0 Å². The molecular formula is C10H9NO7. The molecule has 0 fully saturated rings. The molecule has 0 heterocycles. The number of hydrogen-bond acceptors (Lipinski definition) is 5. The molecule has 0 spiro atoms. The molecule has 1 aromatic carbocycles. The van der Waals surface area contributed by atoms with Gasteiger partial charge in [0.1, 0.15) is 5.75 Å². The van der Waals surface area contributed by atoms with Crippen molar-refractivity contribution in [2.75, 3.05) is 0 Å². The summed E-state index contributed by atoms with van der Waals surface area (Å²) in [5.41, 5.74) is -0.174. The average molecular weight is 255 g/mol. The summed E-state index contributed by atoms with van der Waals surface area (Å²) in [6, 6.07) is 4.68. The van der Waals surface area contributed by atoms with E-state index in [1.807, 2.05) is 0 Å². The second-order valence-electron chi connectivity index (χ2n) is 3.29. The minimum absolute atomic E-state index is 0.0502. The highest BCUT2D eigenvalue weighted by Crippen LogP contribution is 2.19. The maximum atomic E-state index is 10.7. The zero-order chi connectivity index (χ0) is 13.7. The van der Waals surface area contributed by atoms with Gasteiger partial charge in [-0.1, -0.05) is 0 Å². The largest absolute Gasteiger partial charge is 0.481 e. The van der Waals surface area contributed by atoms with Crippen molar-refractivity contribution in [3.63, 3.8) is 0 Å². The second kappa shape index (κ2) is 5.62. The number of hydrogen-bond donors (Lipinski definition) is 2. The number of non-ortho nitro benzene ring substituents is 1. The van der Waals surface area contributed by atoms with E-state index in [4.69, 9.17) is 14.9 Å². The Balaban J connectivity index is 2.78. The van der Waals surface area contributed by atoms with Crippen LogP contribution in [-0.4, -0.2) is 33.2 Å². The normalized spacial score (nSPS) is 11.6. The van der Waals surface area contributed by atoms with Crippen molar-refractivity contribution < 1.29 is 29.5 Å². The first-order valence-electron chi connectivity index (χ1n) is 4.76. The molecule has 96 valence electrons. The van der Waals surface area contributed by atoms with Crippen molar-refractivity contribution in [2.45, 2.75) is 12.5 Å². The van der Waals surface area contributed by atoms with E-state index >= 15 is 0 Å². The molecule has 18 heavy (non-hydrogen) atoms. The minimum Gasteiger partial charge on any atom is -0.481 e. The molecule has 1 rings (SSSR count). The van der Waals surface area contributed by atoms with Gasteiger partial charge in [0, 0.05) is 12.1 Å². The summed E-state index contributed by atoms with van der Waals surface area (Å²) in [6.45, 7) is 0. The Kier molecular flexibility index (Phi) is 4.19. The van der Waals surface area contributed by atoms with Crippen molar-refractivity contribution in [3.8, 4) is 5.75 Å². The van der Waals surface area contributed by atoms with E-state index < -0.39 is 29.4 Å². The van der Waals surface area contributed by atoms with Gasteiger partial charge < -0.3 is 14.9 Å². The fourth-order valence-corrected chi connectivity index (χ4v) is 1.15. The molecule has 0 aliphatic rings. The van der Waals surface area contributed by atoms with Crippen LogP contribution in [0.3, 0.4) is 0 Å². The predicted octanol–water partition coefficient (Wildman–Crippen LogP) is 0.902. The van der Waals surface area contributed by atoms with Crippen LogP contribution in [0.4, 0.5) is 5.69 Å². The van der Waals surface area contributed by atoms with Gasteiger partial charge in [0.2, 0.25) is 6.10 Å². The Morgan fingerprint density at radius 1 is 1.28 bits per heavy atom. The Labute approximate surface area is 101 Å². The lowest BCUT2D eigenvalue weighted by Crippen LogP contribution is -2.29. The van der Waals surface area contributed by atoms with Gasteiger partial charge >= 0.3 is 11.9 Å². The van der Waals surface area contributed by atoms with Crippen molar-refractivity contribution >= 4 is 17.6 Å². The number of rotatable bonds is 6. The monoisotopic (exact) mass is 255 g/mol. The fourth-order valence-electron chi connectivity index (χ4n) is 1.15. The molecule has 1 atom stereocenters. The number of benzene rings is 1. The van der Waals surface area contributed by atoms with E-state index in [9.17, 15) is 19.7 Å². The molecule has 0 aliphatic heterocycles. The van der Waals surface area contributed by atoms with Crippen molar-refractivity contribution in [1.82, 2.24) is 0 Å². The number of carboxylic acids is 2. The topological polar surface area (TPSA) is 127 Å². The molecule has 0 saturated carbocycles. The molecule has 1 aromatic rings. The molecule has 0 aromatic heterocycles. The summed E-state index contributed by atoms with van der Waals surface area (Å²) < 4.78 is 4.92. The predicted molar refractivity (Wildman–Crippen MR) is 57.4 cm³/mol. The van der Waals surface area contributed by atoms with Gasteiger partial charge in [-0.25, -0.2) is 4.79 Å². The van der Waals surface area contributed by atoms with Gasteiger partial charge in [-0.05, 0) is 12.1 Å². The molecule has 0 bridgehead atoms. The standard InChI is InChI=1S/C10H9NO7/c12-9(13)5-8(10(14)15)18-7-3-1-6(2-4-7)11(16)17/h1-4,8H,5H2,(H,12,13)(H,14,15). The third kappa shape index (κ3) is 3.74. The van der Waals surface area contributed by atoms with E-state index in [1.165, 1.54) is 12.1 Å². The molecule has 8 nitrogen and oxygen atoms in total. The Bertz CT molecular complexity index is 468. The molecular weight excluding hydrogens is 246 g/mol. The molecule has 0 aliphatic carbocycles. The Hall–Kier alpha value is -2.64. The van der Waals surface area contributed by atoms with Gasteiger partial charge in [0.05, 0.1) is 11.3 Å². The average Bonchev–Trinajstić information content (AvgIpc) is 2.28. The van der Waals surface area contributed by atoms with Crippen LogP contribution in [-0.2, 0) is 9.59 Å². The summed E-state index contributed by atoms with van der Waals surface area (Å²) in [7, 11) is 0. The highest BCUT2D eigenvalue weighted by Gasteiger charge is 2.23. The Morgan fingerprint density at radius 3 is 2.22 bits per heavy atom. The fraction of sp³-hybridized carbons (Fsp3) is 0.200. The minimum atomic E-state index is -1.54. The van der Waals surface area contributed by atoms with Gasteiger partial charge in [-0.2, -0.15) is 0 Å². The summed E-state index contributed by atoms with van der Waals surface area (Å²) in [5.74, 6) is -2.69. The van der Waals surface area contributed by atoms with Crippen LogP contribution in [0.25, 0.3) is 0 Å². The van der Waals surface area contributed by atoms with E-state index in [0.29, 0.717) is 0 Å². The number of nitro groups is 1. The second-order valence-corrected chi connectivity index (χ2v) is 3.29. The van der Waals surface area contributed by atoms with Crippen LogP contribution in [0.5, 0.6) is 5.75 Å². The zero-order valence-corrected chi connectivity index (χ0v) is 8.98. The molecule has 8 heteroatoms. The van der Waals surface area contributed by atoms with Crippen LogP contribution in [0, 0.1) is 10.1 Å². The van der Waals surface area contributed by atoms with Crippen molar-refractivity contribution in [1.29, 1.82) is 0 Å². The molecule has 0 saturated heterocycles. The number of nitrogens with zero attached hydrogens (tertiary/aromatic N) is 1. The summed E-state index contributed by atoms with van der Waals surface area (Å²) in [6.07, 6.45) is -2.24. The number of nitro benzene ring substituents is 1. The van der Waals surface area contributed by atoms with Crippen molar-refractivity contribution in [3.05, 3.63) is 34.4 Å². The number of carboxylic acid groups (broad SMARTS) is 2. The van der Waals surface area contributed by atoms with E-state index in [-0.39, 0.29) is 11.4 Å². The van der Waals surface area contributed by atoms with Crippen LogP contribution < -0.4 is 4.74 Å². The molecule has 0 radical (unpaired) electrons. The van der Waals surface area contributed by atoms with Gasteiger partial charge in [0.15, 0.2) is 0 Å². The lowest BCUT2D eigenvalue weighted by atomic mass is 10.2. The van der Waals surface area contributed by atoms with Gasteiger partial charge in [0.25, 0.3) is 5.69 Å². The van der Waals surface area contributed by atoms with Crippen LogP contribution in [0.1, 0.15) is 6.42 Å². The molecule has 2 N–H and O–H groups in total. The van der Waals surface area contributed by atoms with Crippen LogP contribution >= 0.6 is 0 Å². The number of aliphatic carboxylic acids is 2. The quantitative estimate of drug-likeness (QED) is 0.570. The smallest absolute Gasteiger partial charge is 0.345 e. The van der Waals surface area contributed by atoms with Crippen LogP contribution in [0.2, 0.25) is 0 Å². The first-order valence-corrected chi connectivity index (χ1v) is 4.76. The lowest BCUT2D eigenvalue weighted by Gasteiger charge is -2.12. The first kappa shape index (κ1) is 13.4. The van der Waals surface area contributed by atoms with Gasteiger partial charge in [-0.3, -0.25) is 14.9 Å². The third-order valence-corrected chi connectivity index (χ3v) is 1.96. The Morgan fingerprint density at radius 2 is 1.83 bits per heavy atom. The van der Waals surface area contributed by atoms with Crippen molar-refractivity contribution in [2.24, 2.45) is 0 Å². The maximum Gasteiger partial charge on any atom is 0.345 e. The van der Waals surface area contributed by atoms with E-state index in [0.717, 1.165) is 12.1 Å². The van der Waals surface area contributed by atoms with Crippen LogP contribution in [0.15, 0.2) is 24.3 Å². The SMILES string of the molecule is O=C(O)CC(Oc1ccc([N+](=O)[O-])cc1)C(=O)O. The molecule has 1 unspecified atom stereocenters. The highest BCUT2D eigenvalue weighted by atomic mass is 16.6. The lowest BCUT2D eigenvalue weighted by molar-refractivity contribution is -0.384. The zero-order valence-electron chi connectivity index (χ0n) is 8.98. The first-order chi connectivity index (χ1) is 8.40. The summed E-state index contributed by atoms with van der Waals surface area (Å²) in [4.78, 5) is 30.9. The maximum absolute atomic E-state index is 10.7. The summed E-state index contributed by atoms with van der Waals surface area (Å²) >= 11 is 0. The van der Waals surface area contributed by atoms with E-state index in [1.54, 1.807) is 0 Å². The van der Waals surface area contributed by atoms with E-state index in [2.05, 4.69) is 0 Å².